The van der Waals surface area contributed by atoms with Crippen molar-refractivity contribution in [2.75, 3.05) is 13.1 Å². The van der Waals surface area contributed by atoms with Crippen molar-refractivity contribution in [2.24, 2.45) is 11.8 Å². The Morgan fingerprint density at radius 1 is 1.18 bits per heavy atom. The van der Waals surface area contributed by atoms with Crippen LogP contribution in [0.5, 0.6) is 5.75 Å². The van der Waals surface area contributed by atoms with E-state index in [1.807, 2.05) is 6.07 Å². The maximum Gasteiger partial charge on any atom is 0.144 e. The molecule has 1 aromatic heterocycles. The van der Waals surface area contributed by atoms with E-state index < -0.39 is 0 Å². The number of benzene rings is 1. The Hall–Kier alpha value is -2.45. The third-order valence-corrected chi connectivity index (χ3v) is 4.34. The van der Waals surface area contributed by atoms with Gasteiger partial charge in [-0.1, -0.05) is 0 Å². The van der Waals surface area contributed by atoms with Crippen molar-refractivity contribution in [3.8, 4) is 23.1 Å². The molecule has 4 nitrogen and oxygen atoms in total. The molecule has 5 heteroatoms. The number of nitrogens with zero attached hydrogens (tertiary/aromatic N) is 2. The molecule has 0 unspecified atom stereocenters. The highest BCUT2D eigenvalue weighted by atomic mass is 19.1. The van der Waals surface area contributed by atoms with E-state index in [0.29, 0.717) is 29.0 Å². The number of halogens is 1. The molecule has 0 spiro atoms. The first-order valence-corrected chi connectivity index (χ1v) is 7.30. The van der Waals surface area contributed by atoms with Crippen molar-refractivity contribution >= 4 is 0 Å². The number of nitriles is 1. The number of ether oxygens (including phenoxy) is 1. The van der Waals surface area contributed by atoms with Crippen LogP contribution in [0.2, 0.25) is 0 Å². The fourth-order valence-corrected chi connectivity index (χ4v) is 3.09. The first-order valence-electron chi connectivity index (χ1n) is 7.30. The van der Waals surface area contributed by atoms with Crippen LogP contribution in [0, 0.1) is 29.0 Å². The Kier molecular flexibility index (Phi) is 3.05. The molecule has 1 aliphatic carbocycles. The van der Waals surface area contributed by atoms with Crippen LogP contribution in [0.15, 0.2) is 36.4 Å². The summed E-state index contributed by atoms with van der Waals surface area (Å²) in [6.07, 6.45) is 0.233. The Bertz CT molecular complexity index is 743. The zero-order valence-corrected chi connectivity index (χ0v) is 11.8. The molecule has 110 valence electrons. The largest absolute Gasteiger partial charge is 0.490 e. The third kappa shape index (κ3) is 2.32. The number of piperidine rings is 1. The summed E-state index contributed by atoms with van der Waals surface area (Å²) in [5.74, 6) is 1.51. The summed E-state index contributed by atoms with van der Waals surface area (Å²) in [6, 6.07) is 11.6. The number of pyridine rings is 1. The zero-order chi connectivity index (χ0) is 15.1. The van der Waals surface area contributed by atoms with Crippen molar-refractivity contribution < 1.29 is 9.13 Å². The van der Waals surface area contributed by atoms with Gasteiger partial charge in [0, 0.05) is 42.6 Å². The highest BCUT2D eigenvalue weighted by molar-refractivity contribution is 5.61. The van der Waals surface area contributed by atoms with Gasteiger partial charge in [-0.25, -0.2) is 9.37 Å². The molecule has 4 rings (SSSR count). The molecule has 22 heavy (non-hydrogen) atoms. The molecule has 0 radical (unpaired) electrons. The van der Waals surface area contributed by atoms with Gasteiger partial charge < -0.3 is 10.1 Å². The van der Waals surface area contributed by atoms with E-state index in [0.717, 1.165) is 18.7 Å². The predicted molar refractivity (Wildman–Crippen MR) is 78.6 cm³/mol. The van der Waals surface area contributed by atoms with E-state index >= 15 is 0 Å². The molecule has 1 aliphatic heterocycles. The van der Waals surface area contributed by atoms with Crippen LogP contribution in [0.4, 0.5) is 4.39 Å². The van der Waals surface area contributed by atoms with Crippen molar-refractivity contribution in [3.63, 3.8) is 0 Å². The monoisotopic (exact) mass is 295 g/mol. The lowest BCUT2D eigenvalue weighted by atomic mass is 10.1. The normalized spacial score (nSPS) is 25.4. The third-order valence-electron chi connectivity index (χ3n) is 4.34. The number of rotatable bonds is 3. The average Bonchev–Trinajstić information content (AvgIpc) is 2.97. The molecule has 1 N–H and O–H groups in total. The first-order chi connectivity index (χ1) is 10.7. The number of fused-ring (bicyclic) bond motifs is 1. The van der Waals surface area contributed by atoms with Gasteiger partial charge in [-0.3, -0.25) is 0 Å². The van der Waals surface area contributed by atoms with Gasteiger partial charge >= 0.3 is 0 Å². The van der Waals surface area contributed by atoms with Crippen molar-refractivity contribution in [1.82, 2.24) is 10.3 Å². The maximum absolute atomic E-state index is 13.0. The van der Waals surface area contributed by atoms with Gasteiger partial charge in [0.25, 0.3) is 0 Å². The Balaban J connectivity index is 1.63. The molecule has 2 aliphatic rings. The van der Waals surface area contributed by atoms with Crippen LogP contribution in [0.3, 0.4) is 0 Å². The number of nitrogens with one attached hydrogen (secondary N) is 1. The summed E-state index contributed by atoms with van der Waals surface area (Å²) in [4.78, 5) is 4.28. The van der Waals surface area contributed by atoms with Gasteiger partial charge in [-0.15, -0.1) is 0 Å². The summed E-state index contributed by atoms with van der Waals surface area (Å²) >= 11 is 0. The standard InChI is InChI=1S/C17H14FN3O/c18-11-3-1-10(2-4-11)16-6-13(5-12(7-19)21-16)22-17-14-8-20-9-15(14)17/h1-6,14-15,17,20H,8-9H2/t14-,15+,17+. The van der Waals surface area contributed by atoms with Crippen molar-refractivity contribution in [2.45, 2.75) is 6.10 Å². The molecule has 2 fully saturated rings. The predicted octanol–water partition coefficient (Wildman–Crippen LogP) is 2.36. The van der Waals surface area contributed by atoms with Gasteiger partial charge in [-0.2, -0.15) is 5.26 Å². The number of hydrogen-bond acceptors (Lipinski definition) is 4. The second kappa shape index (κ2) is 5.08. The Morgan fingerprint density at radius 2 is 1.91 bits per heavy atom. The minimum Gasteiger partial charge on any atom is -0.490 e. The van der Waals surface area contributed by atoms with Crippen LogP contribution >= 0.6 is 0 Å². The molecule has 1 saturated heterocycles. The van der Waals surface area contributed by atoms with Crippen molar-refractivity contribution in [3.05, 3.63) is 47.9 Å². The van der Waals surface area contributed by atoms with E-state index in [1.54, 1.807) is 18.2 Å². The van der Waals surface area contributed by atoms with E-state index in [9.17, 15) is 4.39 Å². The maximum atomic E-state index is 13.0. The van der Waals surface area contributed by atoms with Crippen LogP contribution in [0.25, 0.3) is 11.3 Å². The first kappa shape index (κ1) is 13.2. The average molecular weight is 295 g/mol. The highest BCUT2D eigenvalue weighted by Crippen LogP contribution is 2.44. The lowest BCUT2D eigenvalue weighted by Gasteiger charge is -2.10. The molecule has 3 atom stereocenters. The fraction of sp³-hybridized carbons (Fsp3) is 0.294. The zero-order valence-electron chi connectivity index (χ0n) is 11.8. The molecular formula is C17H14FN3O. The summed E-state index contributed by atoms with van der Waals surface area (Å²) in [6.45, 7) is 1.99. The molecular weight excluding hydrogens is 281 g/mol. The molecule has 2 heterocycles. The topological polar surface area (TPSA) is 57.9 Å². The van der Waals surface area contributed by atoms with E-state index in [1.165, 1.54) is 12.1 Å². The molecule has 0 bridgehead atoms. The SMILES string of the molecule is N#Cc1cc(O[C@H]2[C@@H]3CNC[C@@H]32)cc(-c2ccc(F)cc2)n1. The van der Waals surface area contributed by atoms with Gasteiger partial charge in [0.15, 0.2) is 0 Å². The smallest absolute Gasteiger partial charge is 0.144 e. The lowest BCUT2D eigenvalue weighted by Crippen LogP contribution is -2.20. The Labute approximate surface area is 127 Å². The van der Waals surface area contributed by atoms with E-state index in [-0.39, 0.29) is 11.9 Å². The van der Waals surface area contributed by atoms with Crippen LogP contribution in [0.1, 0.15) is 5.69 Å². The van der Waals surface area contributed by atoms with Crippen LogP contribution in [-0.4, -0.2) is 24.2 Å². The quantitative estimate of drug-likeness (QED) is 0.944. The minimum absolute atomic E-state index is 0.233. The molecule has 1 aromatic carbocycles. The van der Waals surface area contributed by atoms with Gasteiger partial charge in [-0.05, 0) is 24.3 Å². The summed E-state index contributed by atoms with van der Waals surface area (Å²) in [7, 11) is 0. The van der Waals surface area contributed by atoms with Crippen molar-refractivity contribution in [1.29, 1.82) is 5.26 Å². The van der Waals surface area contributed by atoms with Gasteiger partial charge in [0.2, 0.25) is 0 Å². The second-order valence-electron chi connectivity index (χ2n) is 5.76. The number of aromatic nitrogens is 1. The summed E-state index contributed by atoms with van der Waals surface area (Å²) in [5, 5.41) is 12.5. The van der Waals surface area contributed by atoms with E-state index in [4.69, 9.17) is 10.00 Å². The molecule has 2 aromatic rings. The van der Waals surface area contributed by atoms with Gasteiger partial charge in [0.1, 0.15) is 29.4 Å². The van der Waals surface area contributed by atoms with E-state index in [2.05, 4.69) is 16.4 Å². The fourth-order valence-electron chi connectivity index (χ4n) is 3.09. The molecule has 0 amide bonds. The van der Waals surface area contributed by atoms with Crippen LogP contribution < -0.4 is 10.1 Å². The van der Waals surface area contributed by atoms with Crippen LogP contribution in [-0.2, 0) is 0 Å². The number of hydrogen-bond donors (Lipinski definition) is 1. The van der Waals surface area contributed by atoms with Gasteiger partial charge in [0.05, 0.1) is 5.69 Å². The highest BCUT2D eigenvalue weighted by Gasteiger charge is 2.55. The summed E-state index contributed by atoms with van der Waals surface area (Å²) in [5.41, 5.74) is 1.69. The Morgan fingerprint density at radius 3 is 2.59 bits per heavy atom. The molecule has 1 saturated carbocycles. The lowest BCUT2D eigenvalue weighted by molar-refractivity contribution is 0.261. The summed E-state index contributed by atoms with van der Waals surface area (Å²) < 4.78 is 19.1. The minimum atomic E-state index is -0.296. The second-order valence-corrected chi connectivity index (χ2v) is 5.76.